The number of fused-ring (bicyclic) bond motifs is 4. The molecule has 2 fully saturated rings. The SMILES string of the molecule is C[SiH](C)[Zr]([Cl])([Cl])([CH]1C(CC2(C)CCCCCCC2)=Cc2c(-c3cccc4ccccc34)cccc21)[CH]1C(CC2(C)CCCCCCC2)=Cc2c(-c3cccc4ccccc34)cccc21. The molecule has 4 heteroatoms. The molecule has 6 aromatic carbocycles. The minimum absolute atomic E-state index is 0.0642. The first-order valence-corrected chi connectivity index (χ1v) is 41.5. The Balaban J connectivity index is 1.21. The van der Waals surface area contributed by atoms with Crippen molar-refractivity contribution in [2.75, 3.05) is 0 Å². The Morgan fingerprint density at radius 2 is 0.797 bits per heavy atom. The summed E-state index contributed by atoms with van der Waals surface area (Å²) in [7, 11) is 18.7. The predicted octanol–water partition coefficient (Wildman–Crippen LogP) is 19.2. The molecule has 64 heavy (non-hydrogen) atoms. The van der Waals surface area contributed by atoms with Crippen LogP contribution in [0.15, 0.2) is 132 Å². The van der Waals surface area contributed by atoms with E-state index in [-0.39, 0.29) is 18.1 Å². The first-order valence-electron chi connectivity index (χ1n) is 25.2. The molecule has 0 spiro atoms. The summed E-state index contributed by atoms with van der Waals surface area (Å²) in [4.78, 5) is 0. The van der Waals surface area contributed by atoms with Gasteiger partial charge >= 0.3 is 397 Å². The summed E-state index contributed by atoms with van der Waals surface area (Å²) >= 11 is -5.21. The second-order valence-corrected chi connectivity index (χ2v) is 64.4. The van der Waals surface area contributed by atoms with Gasteiger partial charge in [0, 0.05) is 0 Å². The quantitative estimate of drug-likeness (QED) is 0.127. The van der Waals surface area contributed by atoms with Gasteiger partial charge in [-0.15, -0.1) is 0 Å². The number of halogens is 2. The monoisotopic (exact) mass is 977 g/mol. The van der Waals surface area contributed by atoms with Gasteiger partial charge in [-0.05, 0) is 0 Å². The van der Waals surface area contributed by atoms with Crippen LogP contribution >= 0.6 is 17.0 Å². The van der Waals surface area contributed by atoms with Crippen molar-refractivity contribution < 1.29 is 15.6 Å². The maximum absolute atomic E-state index is 9.37. The Kier molecular flexibility index (Phi) is 12.5. The molecule has 0 bridgehead atoms. The second-order valence-electron chi connectivity index (χ2n) is 21.9. The van der Waals surface area contributed by atoms with Gasteiger partial charge in [0.15, 0.2) is 0 Å². The molecule has 0 heterocycles. The van der Waals surface area contributed by atoms with E-state index >= 15 is 0 Å². The molecular formula is C60H69Cl2SiZr. The molecule has 2 unspecified atom stereocenters. The van der Waals surface area contributed by atoms with Gasteiger partial charge in [-0.3, -0.25) is 0 Å². The number of hydrogen-bond acceptors (Lipinski definition) is 0. The van der Waals surface area contributed by atoms with Crippen LogP contribution in [-0.2, 0) is 15.6 Å². The summed E-state index contributed by atoms with van der Waals surface area (Å²) in [6.45, 7) is 10.4. The zero-order valence-electron chi connectivity index (χ0n) is 39.0. The molecule has 0 nitrogen and oxygen atoms in total. The first kappa shape index (κ1) is 44.8. The van der Waals surface area contributed by atoms with Crippen LogP contribution in [-0.4, -0.2) is 5.92 Å². The second kappa shape index (κ2) is 17.9. The van der Waals surface area contributed by atoms with Crippen molar-refractivity contribution in [3.05, 3.63) is 155 Å². The molecule has 6 aromatic rings. The molecule has 0 amide bonds. The normalized spacial score (nSPS) is 21.8. The summed E-state index contributed by atoms with van der Waals surface area (Å²) in [6, 6.07) is 45.9. The van der Waals surface area contributed by atoms with Gasteiger partial charge in [-0.1, -0.05) is 0 Å². The molecule has 4 aliphatic carbocycles. The molecule has 0 aliphatic heterocycles. The van der Waals surface area contributed by atoms with E-state index in [9.17, 15) is 17.0 Å². The molecule has 2 atom stereocenters. The van der Waals surface area contributed by atoms with Crippen molar-refractivity contribution >= 4 is 56.6 Å². The fraction of sp³-hybridized carbons (Fsp3) is 0.400. The Bertz CT molecular complexity index is 2570. The molecule has 4 aliphatic rings. The van der Waals surface area contributed by atoms with Crippen LogP contribution in [0.1, 0.15) is 146 Å². The van der Waals surface area contributed by atoms with Gasteiger partial charge in [0.1, 0.15) is 0 Å². The van der Waals surface area contributed by atoms with Gasteiger partial charge in [-0.2, -0.15) is 0 Å². The van der Waals surface area contributed by atoms with E-state index in [1.807, 2.05) is 0 Å². The number of allylic oxidation sites excluding steroid dienone is 2. The fourth-order valence-corrected chi connectivity index (χ4v) is 44.9. The van der Waals surface area contributed by atoms with E-state index in [0.29, 0.717) is 0 Å². The van der Waals surface area contributed by atoms with Gasteiger partial charge in [0.25, 0.3) is 0 Å². The predicted molar refractivity (Wildman–Crippen MR) is 281 cm³/mol. The van der Waals surface area contributed by atoms with E-state index in [0.717, 1.165) is 12.8 Å². The topological polar surface area (TPSA) is 0 Å². The molecule has 0 saturated heterocycles. The van der Waals surface area contributed by atoms with Crippen LogP contribution in [0.3, 0.4) is 0 Å². The van der Waals surface area contributed by atoms with Crippen molar-refractivity contribution in [2.24, 2.45) is 10.8 Å². The number of hydrogen-bond donors (Lipinski definition) is 0. The summed E-state index contributed by atoms with van der Waals surface area (Å²) in [5.41, 5.74) is 14.4. The number of rotatable bonds is 9. The third-order valence-electron chi connectivity index (χ3n) is 17.1. The average Bonchev–Trinajstić information content (AvgIpc) is 3.85. The van der Waals surface area contributed by atoms with Gasteiger partial charge in [0.2, 0.25) is 0 Å². The fourth-order valence-electron chi connectivity index (χ4n) is 13.6. The molecule has 331 valence electrons. The van der Waals surface area contributed by atoms with E-state index in [1.54, 1.807) is 11.1 Å². The van der Waals surface area contributed by atoms with E-state index < -0.39 is 21.5 Å². The summed E-state index contributed by atoms with van der Waals surface area (Å²) in [5.74, 6) is -1.81. The van der Waals surface area contributed by atoms with Crippen LogP contribution in [0.4, 0.5) is 0 Å². The summed E-state index contributed by atoms with van der Waals surface area (Å²) < 4.78 is 0.128. The summed E-state index contributed by atoms with van der Waals surface area (Å²) in [5, 5.41) is 5.20. The van der Waals surface area contributed by atoms with Gasteiger partial charge in [-0.25, -0.2) is 0 Å². The van der Waals surface area contributed by atoms with Crippen molar-refractivity contribution in [3.63, 3.8) is 0 Å². The number of benzene rings is 6. The summed E-state index contributed by atoms with van der Waals surface area (Å²) in [6.07, 6.45) is 26.0. The minimum atomic E-state index is -5.21. The third-order valence-corrected chi connectivity index (χ3v) is 68.9. The Morgan fingerprint density at radius 3 is 1.20 bits per heavy atom. The van der Waals surface area contributed by atoms with E-state index in [4.69, 9.17) is 0 Å². The Morgan fingerprint density at radius 1 is 0.453 bits per heavy atom. The zero-order chi connectivity index (χ0) is 44.1. The Hall–Kier alpha value is -3.00. The maximum atomic E-state index is 9.37. The van der Waals surface area contributed by atoms with Crippen molar-refractivity contribution in [1.29, 1.82) is 0 Å². The van der Waals surface area contributed by atoms with Crippen LogP contribution < -0.4 is 0 Å². The molecular weight excluding hydrogens is 911 g/mol. The van der Waals surface area contributed by atoms with Gasteiger partial charge < -0.3 is 0 Å². The molecule has 10 rings (SSSR count). The van der Waals surface area contributed by atoms with Crippen molar-refractivity contribution in [2.45, 2.75) is 137 Å². The van der Waals surface area contributed by atoms with Crippen LogP contribution in [0.2, 0.25) is 13.1 Å². The van der Waals surface area contributed by atoms with E-state index in [2.05, 4.69) is 160 Å². The Labute approximate surface area is 393 Å². The molecule has 0 radical (unpaired) electrons. The molecule has 2 saturated carbocycles. The standard InChI is InChI=1S/2C29H31.C2H7Si.2ClH.Zr/c2*1-29(17-7-3-2-4-8-18-29)21-22-19-24-13-10-16-27(28(24)20-22)26-15-9-12-23-11-5-6-14-25(23)26;1-3-2;;;/h2*5-6,9-16,19-20H,2-4,7-8,17-18,21H2,1H3;3H,1-2H3;2*1H;/q;;;;;+2/p-2. The van der Waals surface area contributed by atoms with Crippen LogP contribution in [0.5, 0.6) is 0 Å². The molecule has 0 N–H and O–H groups in total. The third kappa shape index (κ3) is 8.05. The van der Waals surface area contributed by atoms with Crippen LogP contribution in [0, 0.1) is 10.8 Å². The van der Waals surface area contributed by atoms with Crippen molar-refractivity contribution in [1.82, 2.24) is 0 Å². The average molecular weight is 980 g/mol. The zero-order valence-corrected chi connectivity index (χ0v) is 44.1. The van der Waals surface area contributed by atoms with E-state index in [1.165, 1.54) is 156 Å². The first-order chi connectivity index (χ1) is 31.0. The van der Waals surface area contributed by atoms with Crippen molar-refractivity contribution in [3.8, 4) is 22.3 Å². The molecule has 0 aromatic heterocycles. The van der Waals surface area contributed by atoms with Crippen LogP contribution in [0.25, 0.3) is 56.0 Å². The van der Waals surface area contributed by atoms with Gasteiger partial charge in [0.05, 0.1) is 0 Å².